The van der Waals surface area contributed by atoms with Gasteiger partial charge in [-0.25, -0.2) is 0 Å². The molecule has 0 aromatic rings. The largest absolute Gasteiger partial charge is 0.394 e. The number of carbonyl (C=O) groups is 2. The van der Waals surface area contributed by atoms with Gasteiger partial charge in [0.1, 0.15) is 146 Å². The molecule has 32 heteroatoms. The van der Waals surface area contributed by atoms with E-state index in [2.05, 4.69) is 13.8 Å². The van der Waals surface area contributed by atoms with Crippen LogP contribution >= 0.6 is 0 Å². The molecule has 4 saturated carbocycles. The van der Waals surface area contributed by atoms with Crippen molar-refractivity contribution in [2.45, 2.75) is 270 Å². The molecule has 4 aliphatic carbocycles. The molecule has 6 saturated heterocycles. The first kappa shape index (κ1) is 73.8. The van der Waals surface area contributed by atoms with E-state index in [4.69, 9.17) is 56.8 Å². The Bertz CT molecular complexity index is 2430. The van der Waals surface area contributed by atoms with Crippen molar-refractivity contribution >= 4 is 11.6 Å². The van der Waals surface area contributed by atoms with Crippen LogP contribution < -0.4 is 0 Å². The molecule has 0 aromatic carbocycles. The predicted octanol–water partition coefficient (Wildman–Crippen LogP) is -6.98. The monoisotopic (exact) mass is 1340 g/mol. The van der Waals surface area contributed by atoms with Crippen LogP contribution in [0.5, 0.6) is 0 Å². The number of aliphatic hydroxyl groups is 18. The molecule has 93 heavy (non-hydrogen) atoms. The van der Waals surface area contributed by atoms with E-state index in [1.54, 1.807) is 0 Å². The highest BCUT2D eigenvalue weighted by molar-refractivity contribution is 5.92. The first-order chi connectivity index (χ1) is 44.1. The summed E-state index contributed by atoms with van der Waals surface area (Å²) in [6, 6.07) is 0. The maximum atomic E-state index is 14.3. The van der Waals surface area contributed by atoms with Crippen molar-refractivity contribution < 1.29 is 158 Å². The van der Waals surface area contributed by atoms with Crippen LogP contribution in [0.25, 0.3) is 0 Å². The van der Waals surface area contributed by atoms with Crippen molar-refractivity contribution in [3.63, 3.8) is 0 Å². The SMILES string of the molecule is C[C@H](CCC(=O)[C@@H](C)[C@H]1C(=O)C[C@H]2[C@@H]3CC[C@H]4C[C@@H](O[C@@H]5O[C@H](CO)[C@H](O[C@@H]6O[C@H](CO)[C@@H](O)[C@H](O[C@@H]7OC[C@@H](O)[C@H](O)[C@H]7O)[C@H]6O[C@@H]6O[C@H](CO)[C@@H](O)[C@H](O)[C@H]6O)[C@H](O)[C@H]5O)CC[C@]4(C)[C@H]3CC[C@]12C)CO[C@@H]1O[C@H](CO[C@@H]2OC[C@H](O)[C@H](O)[C@H]2O)[C@@H](O)[C@H](O)[C@H]1O. The summed E-state index contributed by atoms with van der Waals surface area (Å²) in [5.74, 6) is -0.558. The first-order valence-corrected chi connectivity index (χ1v) is 32.9. The van der Waals surface area contributed by atoms with E-state index in [-0.39, 0.29) is 66.2 Å². The van der Waals surface area contributed by atoms with Crippen LogP contribution in [-0.4, -0.2) is 328 Å². The van der Waals surface area contributed by atoms with E-state index in [0.717, 1.165) is 32.1 Å². The zero-order valence-corrected chi connectivity index (χ0v) is 52.6. The molecule has 10 fully saturated rings. The lowest BCUT2D eigenvalue weighted by Crippen LogP contribution is -2.68. The number of fused-ring (bicyclic) bond motifs is 5. The van der Waals surface area contributed by atoms with Gasteiger partial charge in [-0.05, 0) is 91.8 Å². The number of hydrogen-bond donors (Lipinski definition) is 18. The summed E-state index contributed by atoms with van der Waals surface area (Å²) in [4.78, 5) is 28.4. The van der Waals surface area contributed by atoms with Gasteiger partial charge < -0.3 is 149 Å². The predicted molar refractivity (Wildman–Crippen MR) is 305 cm³/mol. The molecule has 0 amide bonds. The molecule has 38 atom stereocenters. The summed E-state index contributed by atoms with van der Waals surface area (Å²) in [5, 5.41) is 192. The maximum Gasteiger partial charge on any atom is 0.187 e. The molecule has 10 rings (SSSR count). The lowest BCUT2D eigenvalue weighted by Gasteiger charge is -2.61. The molecule has 6 aliphatic heterocycles. The topological polar surface area (TPSA) is 509 Å². The Hall–Kier alpha value is -1.86. The van der Waals surface area contributed by atoms with Gasteiger partial charge in [-0.1, -0.05) is 27.7 Å². The van der Waals surface area contributed by atoms with Crippen molar-refractivity contribution in [1.82, 2.24) is 0 Å². The highest BCUT2D eigenvalue weighted by atomic mass is 16.8. The number of ether oxygens (including phenoxy) is 12. The Balaban J connectivity index is 0.730. The molecule has 18 N–H and O–H groups in total. The van der Waals surface area contributed by atoms with Crippen molar-refractivity contribution in [2.24, 2.45) is 52.3 Å². The fourth-order valence-corrected chi connectivity index (χ4v) is 17.0. The molecule has 10 aliphatic rings. The zero-order chi connectivity index (χ0) is 67.4. The summed E-state index contributed by atoms with van der Waals surface area (Å²) in [7, 11) is 0. The van der Waals surface area contributed by atoms with Crippen molar-refractivity contribution in [3.8, 4) is 0 Å². The third-order valence-corrected chi connectivity index (χ3v) is 22.6. The van der Waals surface area contributed by atoms with Gasteiger partial charge in [-0.3, -0.25) is 9.59 Å². The number of rotatable bonds is 22. The highest BCUT2D eigenvalue weighted by Gasteiger charge is 2.65. The van der Waals surface area contributed by atoms with Crippen LogP contribution in [0.15, 0.2) is 0 Å². The van der Waals surface area contributed by atoms with Crippen LogP contribution in [-0.2, 0) is 66.4 Å². The summed E-state index contributed by atoms with van der Waals surface area (Å²) < 4.78 is 70.1. The molecule has 0 spiro atoms. The average molecular weight is 1350 g/mol. The van der Waals surface area contributed by atoms with Gasteiger partial charge in [-0.2, -0.15) is 0 Å². The standard InChI is InChI=1S/C61H100O32/c1-22(18-82-55-48(79)44(75)41(72)36(90-55)21-85-54-46(77)38(69)31(67)19-83-54)5-8-29(65)23(2)37-30(66)14-28-26-7-6-24-13-25(9-11-60(24,3)27(26)10-12-61(28,37)4)86-57-50(81)45(76)51(35(17-64)89-57)91-59-53(93-58-49(80)43(74)40(71)33(15-62)87-58)52(42(73)34(16-63)88-59)92-56-47(78)39(70)32(68)20-84-56/h22-28,31-59,62-64,67-81H,5-21H2,1-4H3/t22-,23-,24+,25+,26-,27+,28+,31+,32-,33-,34-,35-,36-,37+,38+,39+,40-,41-,42-,43+,44+,45-,46-,47-,48-,49-,50-,51+,52+,53-,54+,55-,56+,57-,58+,59+,60+,61+/m1/s1. The van der Waals surface area contributed by atoms with E-state index in [1.807, 2.05) is 13.8 Å². The second-order valence-electron chi connectivity index (χ2n) is 28.4. The number of carbonyl (C=O) groups excluding carboxylic acids is 2. The molecule has 0 unspecified atom stereocenters. The molecule has 6 heterocycles. The normalized spacial score (nSPS) is 51.9. The van der Waals surface area contributed by atoms with Crippen LogP contribution in [0.4, 0.5) is 0 Å². The molecule has 0 radical (unpaired) electrons. The van der Waals surface area contributed by atoms with Crippen molar-refractivity contribution in [1.29, 1.82) is 0 Å². The lowest BCUT2D eigenvalue weighted by atomic mass is 9.44. The van der Waals surface area contributed by atoms with Crippen LogP contribution in [0.2, 0.25) is 0 Å². The zero-order valence-electron chi connectivity index (χ0n) is 52.6. The first-order valence-electron chi connectivity index (χ1n) is 32.9. The third-order valence-electron chi connectivity index (χ3n) is 22.6. The Kier molecular flexibility index (Phi) is 24.3. The summed E-state index contributed by atoms with van der Waals surface area (Å²) in [5.41, 5.74) is -0.578. The highest BCUT2D eigenvalue weighted by Crippen LogP contribution is 2.68. The molecular weight excluding hydrogens is 1240 g/mol. The van der Waals surface area contributed by atoms with Crippen molar-refractivity contribution in [2.75, 3.05) is 46.2 Å². The molecule has 0 bridgehead atoms. The van der Waals surface area contributed by atoms with E-state index in [0.29, 0.717) is 25.7 Å². The van der Waals surface area contributed by atoms with Crippen LogP contribution in [0.1, 0.15) is 91.9 Å². The Labute approximate surface area is 537 Å². The maximum absolute atomic E-state index is 14.3. The van der Waals surface area contributed by atoms with Crippen LogP contribution in [0, 0.1) is 52.3 Å². The average Bonchev–Trinajstić information content (AvgIpc) is 1.61. The minimum Gasteiger partial charge on any atom is -0.394 e. The van der Waals surface area contributed by atoms with E-state index in [9.17, 15) is 102 Å². The molecular formula is C61H100O32. The van der Waals surface area contributed by atoms with Gasteiger partial charge in [-0.15, -0.1) is 0 Å². The second-order valence-corrected chi connectivity index (χ2v) is 28.4. The summed E-state index contributed by atoms with van der Waals surface area (Å²) in [6.07, 6.45) is -42.0. The number of ketones is 2. The summed E-state index contributed by atoms with van der Waals surface area (Å²) in [6.45, 7) is 4.19. The van der Waals surface area contributed by atoms with E-state index in [1.165, 1.54) is 0 Å². The fourth-order valence-electron chi connectivity index (χ4n) is 17.0. The smallest absolute Gasteiger partial charge is 0.187 e. The Morgan fingerprint density at radius 2 is 1.03 bits per heavy atom. The van der Waals surface area contributed by atoms with Gasteiger partial charge in [0.25, 0.3) is 0 Å². The molecule has 0 aromatic heterocycles. The van der Waals surface area contributed by atoms with Crippen molar-refractivity contribution in [3.05, 3.63) is 0 Å². The van der Waals surface area contributed by atoms with E-state index < -0.39 is 228 Å². The quantitative estimate of drug-likeness (QED) is 0.0448. The number of aliphatic hydroxyl groups excluding tert-OH is 18. The van der Waals surface area contributed by atoms with Crippen LogP contribution in [0.3, 0.4) is 0 Å². The Morgan fingerprint density at radius 3 is 1.70 bits per heavy atom. The van der Waals surface area contributed by atoms with Gasteiger partial charge >= 0.3 is 0 Å². The van der Waals surface area contributed by atoms with Gasteiger partial charge in [0.15, 0.2) is 37.7 Å². The number of Topliss-reactive ketones (excluding diaryl/α,β-unsaturated/α-hetero) is 2. The fraction of sp³-hybridized carbons (Fsp3) is 0.967. The van der Waals surface area contributed by atoms with Gasteiger partial charge in [0, 0.05) is 24.7 Å². The minimum atomic E-state index is -2.05. The number of hydrogen-bond acceptors (Lipinski definition) is 32. The third kappa shape index (κ3) is 14.7. The second kappa shape index (κ2) is 30.5. The van der Waals surface area contributed by atoms with Gasteiger partial charge in [0.05, 0.1) is 52.4 Å². The Morgan fingerprint density at radius 1 is 0.505 bits per heavy atom. The molecule has 536 valence electrons. The van der Waals surface area contributed by atoms with E-state index >= 15 is 0 Å². The lowest BCUT2D eigenvalue weighted by molar-refractivity contribution is -0.404. The minimum absolute atomic E-state index is 0.00346. The summed E-state index contributed by atoms with van der Waals surface area (Å²) >= 11 is 0. The van der Waals surface area contributed by atoms with Gasteiger partial charge in [0.2, 0.25) is 0 Å². The molecule has 32 nitrogen and oxygen atoms in total.